The summed E-state index contributed by atoms with van der Waals surface area (Å²) in [5, 5.41) is 8.93. The molecule has 1 heterocycles. The second kappa shape index (κ2) is 11.8. The summed E-state index contributed by atoms with van der Waals surface area (Å²) in [6, 6.07) is 13.8. The Kier molecular flexibility index (Phi) is 8.61. The molecule has 1 aliphatic rings. The van der Waals surface area contributed by atoms with Gasteiger partial charge in [0.25, 0.3) is 5.91 Å². The molecule has 2 aromatic rings. The minimum absolute atomic E-state index is 0.106. The van der Waals surface area contributed by atoms with E-state index in [0.717, 1.165) is 23.3 Å². The van der Waals surface area contributed by atoms with Crippen molar-refractivity contribution in [1.82, 2.24) is 9.80 Å². The maximum Gasteiger partial charge on any atom is 0.328 e. The van der Waals surface area contributed by atoms with E-state index in [2.05, 4.69) is 0 Å². The predicted molar refractivity (Wildman–Crippen MR) is 127 cm³/mol. The van der Waals surface area contributed by atoms with Gasteiger partial charge in [-0.3, -0.25) is 19.3 Å². The third-order valence-electron chi connectivity index (χ3n) is 5.80. The number of imide groups is 1. The number of likely N-dealkylation sites (tertiary alicyclic amines) is 1. The summed E-state index contributed by atoms with van der Waals surface area (Å²) in [6.07, 6.45) is 2.34. The third-order valence-corrected chi connectivity index (χ3v) is 5.80. The topological polar surface area (TPSA) is 113 Å². The number of hydrogen-bond donors (Lipinski definition) is 1. The van der Waals surface area contributed by atoms with Crippen molar-refractivity contribution in [2.45, 2.75) is 25.3 Å². The van der Waals surface area contributed by atoms with Crippen LogP contribution in [0.3, 0.4) is 0 Å². The van der Waals surface area contributed by atoms with E-state index in [9.17, 15) is 19.2 Å². The number of carboxylic acids is 1. The van der Waals surface area contributed by atoms with Crippen LogP contribution in [0.1, 0.15) is 17.5 Å². The summed E-state index contributed by atoms with van der Waals surface area (Å²) in [4.78, 5) is 52.1. The van der Waals surface area contributed by atoms with Crippen LogP contribution in [-0.4, -0.2) is 71.9 Å². The molecular formula is C26H28N2O7. The van der Waals surface area contributed by atoms with E-state index in [4.69, 9.17) is 14.6 Å². The molecular weight excluding hydrogens is 452 g/mol. The number of ether oxygens (including phenoxy) is 2. The van der Waals surface area contributed by atoms with Gasteiger partial charge in [0.2, 0.25) is 11.8 Å². The summed E-state index contributed by atoms with van der Waals surface area (Å²) < 4.78 is 10.6. The largest absolute Gasteiger partial charge is 0.493 e. The highest BCUT2D eigenvalue weighted by Gasteiger charge is 2.42. The Morgan fingerprint density at radius 1 is 1.00 bits per heavy atom. The fraction of sp³-hybridized carbons (Fsp3) is 0.308. The van der Waals surface area contributed by atoms with Crippen molar-refractivity contribution >= 4 is 23.7 Å². The fourth-order valence-corrected chi connectivity index (χ4v) is 3.97. The fourth-order valence-electron chi connectivity index (χ4n) is 3.97. The molecule has 0 aromatic heterocycles. The molecule has 1 saturated heterocycles. The van der Waals surface area contributed by atoms with Crippen LogP contribution < -0.4 is 9.47 Å². The number of hydrogen-bond acceptors (Lipinski definition) is 6. The number of rotatable bonds is 11. The molecule has 0 aliphatic carbocycles. The van der Waals surface area contributed by atoms with Crippen LogP contribution in [0.4, 0.5) is 0 Å². The zero-order valence-electron chi connectivity index (χ0n) is 19.7. The van der Waals surface area contributed by atoms with E-state index < -0.39 is 23.8 Å². The first-order valence-electron chi connectivity index (χ1n) is 11.1. The van der Waals surface area contributed by atoms with E-state index in [1.807, 2.05) is 36.4 Å². The van der Waals surface area contributed by atoms with Gasteiger partial charge >= 0.3 is 5.97 Å². The molecule has 2 aromatic carbocycles. The lowest BCUT2D eigenvalue weighted by Crippen LogP contribution is -2.46. The first kappa shape index (κ1) is 25.5. The predicted octanol–water partition coefficient (Wildman–Crippen LogP) is 2.09. The number of carboxylic acid groups (broad SMARTS) is 1. The third kappa shape index (κ3) is 6.47. The molecule has 0 unspecified atom stereocenters. The number of aliphatic carboxylic acids is 1. The number of methoxy groups -OCH3 is 2. The minimum Gasteiger partial charge on any atom is -0.493 e. The quantitative estimate of drug-likeness (QED) is 0.387. The average Bonchev–Trinajstić information content (AvgIpc) is 3.14. The molecule has 0 spiro atoms. The second-order valence-corrected chi connectivity index (χ2v) is 7.98. The molecule has 1 atom stereocenters. The van der Waals surface area contributed by atoms with Gasteiger partial charge in [0.15, 0.2) is 11.5 Å². The number of benzene rings is 2. The highest BCUT2D eigenvalue weighted by atomic mass is 16.5. The van der Waals surface area contributed by atoms with E-state index in [1.54, 1.807) is 12.1 Å². The monoisotopic (exact) mass is 480 g/mol. The highest BCUT2D eigenvalue weighted by Crippen LogP contribution is 2.28. The van der Waals surface area contributed by atoms with E-state index >= 15 is 0 Å². The Labute approximate surface area is 203 Å². The number of amides is 3. The van der Waals surface area contributed by atoms with Crippen LogP contribution in [0.2, 0.25) is 0 Å². The lowest BCUT2D eigenvalue weighted by Gasteiger charge is -2.27. The Bertz CT molecular complexity index is 1110. The van der Waals surface area contributed by atoms with Gasteiger partial charge in [-0.15, -0.1) is 0 Å². The number of carbonyl (C=O) groups excluding carboxylic acids is 3. The molecule has 3 amide bonds. The van der Waals surface area contributed by atoms with Gasteiger partial charge in [0.1, 0.15) is 6.04 Å². The summed E-state index contributed by atoms with van der Waals surface area (Å²) in [7, 11) is 3.04. The van der Waals surface area contributed by atoms with E-state index in [0.29, 0.717) is 24.3 Å². The molecule has 184 valence electrons. The van der Waals surface area contributed by atoms with Gasteiger partial charge < -0.3 is 19.5 Å². The van der Waals surface area contributed by atoms with Crippen molar-refractivity contribution in [3.05, 3.63) is 71.8 Å². The molecule has 0 bridgehead atoms. The first-order chi connectivity index (χ1) is 16.8. The van der Waals surface area contributed by atoms with E-state index in [1.165, 1.54) is 24.0 Å². The van der Waals surface area contributed by atoms with Crippen molar-refractivity contribution in [3.63, 3.8) is 0 Å². The average molecular weight is 481 g/mol. The highest BCUT2D eigenvalue weighted by molar-refractivity contribution is 6.07. The van der Waals surface area contributed by atoms with Gasteiger partial charge in [0.05, 0.1) is 20.6 Å². The Morgan fingerprint density at radius 3 is 2.37 bits per heavy atom. The van der Waals surface area contributed by atoms with Crippen molar-refractivity contribution in [2.75, 3.05) is 27.3 Å². The van der Waals surface area contributed by atoms with Gasteiger partial charge in [-0.2, -0.15) is 0 Å². The van der Waals surface area contributed by atoms with Crippen LogP contribution in [0.5, 0.6) is 11.5 Å². The van der Waals surface area contributed by atoms with Gasteiger partial charge in [-0.25, -0.2) is 4.79 Å². The van der Waals surface area contributed by atoms with Crippen molar-refractivity contribution in [3.8, 4) is 11.5 Å². The smallest absolute Gasteiger partial charge is 0.328 e. The number of nitrogens with zero attached hydrogens (tertiary/aromatic N) is 2. The zero-order valence-corrected chi connectivity index (χ0v) is 19.7. The zero-order chi connectivity index (χ0) is 25.4. The second-order valence-electron chi connectivity index (χ2n) is 7.98. The molecule has 35 heavy (non-hydrogen) atoms. The molecule has 0 radical (unpaired) electrons. The SMILES string of the molecule is COc1ccc(CCN(C(=O)/C=C/C(=O)O)[C@H]2CC(=O)N(CCc3ccccc3)C2=O)cc1OC. The maximum atomic E-state index is 13.2. The number of carbonyl (C=O) groups is 4. The lowest BCUT2D eigenvalue weighted by molar-refractivity contribution is -0.142. The molecule has 3 rings (SSSR count). The normalized spacial score (nSPS) is 15.5. The van der Waals surface area contributed by atoms with E-state index in [-0.39, 0.29) is 25.4 Å². The van der Waals surface area contributed by atoms with Gasteiger partial charge in [-0.05, 0) is 36.1 Å². The molecule has 1 aliphatic heterocycles. The molecule has 1 fully saturated rings. The van der Waals surface area contributed by atoms with Crippen molar-refractivity contribution < 1.29 is 33.8 Å². The van der Waals surface area contributed by atoms with Crippen LogP contribution in [-0.2, 0) is 32.0 Å². The lowest BCUT2D eigenvalue weighted by atomic mass is 10.1. The summed E-state index contributed by atoms with van der Waals surface area (Å²) in [5.41, 5.74) is 1.81. The Morgan fingerprint density at radius 2 is 1.71 bits per heavy atom. The summed E-state index contributed by atoms with van der Waals surface area (Å²) >= 11 is 0. The first-order valence-corrected chi connectivity index (χ1v) is 11.1. The molecule has 1 N–H and O–H groups in total. The molecule has 9 heteroatoms. The van der Waals surface area contributed by atoms with Gasteiger partial charge in [-0.1, -0.05) is 36.4 Å². The minimum atomic E-state index is -1.28. The van der Waals surface area contributed by atoms with Crippen molar-refractivity contribution in [2.24, 2.45) is 0 Å². The Hall–Kier alpha value is -4.14. The molecule has 9 nitrogen and oxygen atoms in total. The van der Waals surface area contributed by atoms with Crippen LogP contribution in [0, 0.1) is 0 Å². The molecule has 0 saturated carbocycles. The van der Waals surface area contributed by atoms with Crippen molar-refractivity contribution in [1.29, 1.82) is 0 Å². The standard InChI is InChI=1S/C26H28N2O7/c1-34-21-9-8-19(16-22(21)35-2)13-14-27(23(29)10-11-25(31)32)20-17-24(30)28(26(20)33)15-12-18-6-4-3-5-7-18/h3-11,16,20H,12-15,17H2,1-2H3,(H,31,32)/b11-10+/t20-/m0/s1. The Balaban J connectivity index is 1.77. The summed E-state index contributed by atoms with van der Waals surface area (Å²) in [5.74, 6) is -1.68. The van der Waals surface area contributed by atoms with Gasteiger partial charge in [0, 0.05) is 25.2 Å². The summed E-state index contributed by atoms with van der Waals surface area (Å²) in [6.45, 7) is 0.315. The van der Waals surface area contributed by atoms with Crippen LogP contribution in [0.25, 0.3) is 0 Å². The van der Waals surface area contributed by atoms with Crippen LogP contribution >= 0.6 is 0 Å². The maximum absolute atomic E-state index is 13.2. The van der Waals surface area contributed by atoms with Crippen LogP contribution in [0.15, 0.2) is 60.7 Å².